The molecule has 0 amide bonds. The maximum Gasteiger partial charge on any atom is 0.335 e. The average Bonchev–Trinajstić information content (AvgIpc) is 2.79. The highest BCUT2D eigenvalue weighted by molar-refractivity contribution is 8.12. The number of esters is 4. The van der Waals surface area contributed by atoms with Crippen molar-refractivity contribution in [2.24, 2.45) is 0 Å². The summed E-state index contributed by atoms with van der Waals surface area (Å²) >= 11 is 2.69. The topological polar surface area (TPSA) is 105 Å². The second kappa shape index (κ2) is 9.13. The van der Waals surface area contributed by atoms with Crippen LogP contribution in [0, 0.1) is 0 Å². The Morgan fingerprint density at radius 2 is 1.07 bits per heavy atom. The third kappa shape index (κ3) is 3.81. The van der Waals surface area contributed by atoms with Crippen LogP contribution in [-0.2, 0) is 38.1 Å². The SMILES string of the molecule is COC(=O)C1=C(C(=O)OC)[C@@H]2S[C@H]3C(=CCC(C(=O)OC)=C3C(=O)OC)SC2=CC1. The van der Waals surface area contributed by atoms with Crippen molar-refractivity contribution in [3.63, 3.8) is 0 Å². The van der Waals surface area contributed by atoms with Crippen LogP contribution in [0.5, 0.6) is 0 Å². The van der Waals surface area contributed by atoms with Crippen LogP contribution in [0.3, 0.4) is 0 Å². The molecule has 0 aromatic carbocycles. The Morgan fingerprint density at radius 1 is 0.700 bits per heavy atom. The van der Waals surface area contributed by atoms with Crippen molar-refractivity contribution < 1.29 is 38.1 Å². The number of ether oxygens (including phenoxy) is 4. The maximum absolute atomic E-state index is 12.6. The first-order chi connectivity index (χ1) is 14.4. The van der Waals surface area contributed by atoms with Gasteiger partial charge in [0.15, 0.2) is 0 Å². The summed E-state index contributed by atoms with van der Waals surface area (Å²) in [6.07, 6.45) is 4.22. The number of allylic oxidation sites excluding steroid dienone is 2. The summed E-state index contributed by atoms with van der Waals surface area (Å²) in [5.74, 6) is -2.50. The van der Waals surface area contributed by atoms with Gasteiger partial charge in [0.2, 0.25) is 0 Å². The van der Waals surface area contributed by atoms with Crippen LogP contribution >= 0.6 is 23.5 Å². The first-order valence-electron chi connectivity index (χ1n) is 8.90. The highest BCUT2D eigenvalue weighted by Crippen LogP contribution is 2.55. The van der Waals surface area contributed by atoms with E-state index in [0.717, 1.165) is 9.81 Å². The van der Waals surface area contributed by atoms with E-state index in [9.17, 15) is 19.2 Å². The van der Waals surface area contributed by atoms with Gasteiger partial charge in [0, 0.05) is 9.81 Å². The molecule has 2 atom stereocenters. The molecule has 10 heteroatoms. The average molecular weight is 453 g/mol. The van der Waals surface area contributed by atoms with Crippen molar-refractivity contribution in [1.82, 2.24) is 0 Å². The van der Waals surface area contributed by atoms with Crippen LogP contribution in [0.4, 0.5) is 0 Å². The Kier molecular flexibility index (Phi) is 6.77. The lowest BCUT2D eigenvalue weighted by Crippen LogP contribution is -2.34. The lowest BCUT2D eigenvalue weighted by Gasteiger charge is -2.38. The van der Waals surface area contributed by atoms with Crippen LogP contribution in [0.25, 0.3) is 0 Å². The number of methoxy groups -OCH3 is 4. The fourth-order valence-electron chi connectivity index (χ4n) is 3.49. The molecule has 160 valence electrons. The van der Waals surface area contributed by atoms with Gasteiger partial charge in [0.05, 0.1) is 61.2 Å². The standard InChI is InChI=1S/C20H20O8S2/c1-25-17(21)9-5-7-11-15(13(9)19(23)27-3)30-16-12(29-11)8-6-10(18(22)26-2)14(16)20(24)28-4/h7-8,15-16H,5-6H2,1-4H3/t15-,16+. The maximum atomic E-state index is 12.6. The highest BCUT2D eigenvalue weighted by Gasteiger charge is 2.45. The van der Waals surface area contributed by atoms with E-state index in [1.54, 1.807) is 0 Å². The lowest BCUT2D eigenvalue weighted by molar-refractivity contribution is -0.139. The van der Waals surface area contributed by atoms with E-state index in [1.165, 1.54) is 52.0 Å². The normalized spacial score (nSPS) is 22.8. The Labute approximate surface area is 181 Å². The molecule has 3 aliphatic rings. The molecule has 0 radical (unpaired) electrons. The summed E-state index contributed by atoms with van der Waals surface area (Å²) in [5.41, 5.74) is 0.804. The van der Waals surface area contributed by atoms with E-state index in [2.05, 4.69) is 0 Å². The second-order valence-electron chi connectivity index (χ2n) is 6.37. The predicted molar refractivity (Wildman–Crippen MR) is 110 cm³/mol. The number of carbonyl (C=O) groups excluding carboxylic acids is 4. The fraction of sp³-hybridized carbons (Fsp3) is 0.400. The second-order valence-corrected chi connectivity index (χ2v) is 8.73. The van der Waals surface area contributed by atoms with E-state index >= 15 is 0 Å². The molecule has 2 aliphatic carbocycles. The van der Waals surface area contributed by atoms with Crippen LogP contribution in [0.1, 0.15) is 12.8 Å². The Hall–Kier alpha value is -2.46. The van der Waals surface area contributed by atoms with Crippen LogP contribution in [0.15, 0.2) is 44.3 Å². The van der Waals surface area contributed by atoms with Gasteiger partial charge in [0.25, 0.3) is 0 Å². The van der Waals surface area contributed by atoms with Gasteiger partial charge in [-0.25, -0.2) is 19.2 Å². The van der Waals surface area contributed by atoms with Crippen LogP contribution < -0.4 is 0 Å². The van der Waals surface area contributed by atoms with Crippen molar-refractivity contribution in [2.45, 2.75) is 23.3 Å². The minimum Gasteiger partial charge on any atom is -0.466 e. The van der Waals surface area contributed by atoms with E-state index in [0.29, 0.717) is 0 Å². The molecule has 1 aliphatic heterocycles. The molecule has 1 fully saturated rings. The molecule has 0 unspecified atom stereocenters. The first kappa shape index (κ1) is 22.2. The minimum atomic E-state index is -0.640. The molecule has 0 bridgehead atoms. The Balaban J connectivity index is 2.09. The molecule has 0 aromatic rings. The van der Waals surface area contributed by atoms with Crippen molar-refractivity contribution in [2.75, 3.05) is 28.4 Å². The summed E-state index contributed by atoms with van der Waals surface area (Å²) in [4.78, 5) is 51.4. The van der Waals surface area contributed by atoms with Gasteiger partial charge in [-0.15, -0.1) is 11.8 Å². The zero-order chi connectivity index (χ0) is 22.0. The van der Waals surface area contributed by atoms with Crippen molar-refractivity contribution in [3.8, 4) is 0 Å². The third-order valence-electron chi connectivity index (χ3n) is 4.89. The van der Waals surface area contributed by atoms with Crippen molar-refractivity contribution in [3.05, 3.63) is 44.3 Å². The molecule has 0 aromatic heterocycles. The van der Waals surface area contributed by atoms with E-state index in [-0.39, 0.29) is 35.1 Å². The zero-order valence-electron chi connectivity index (χ0n) is 16.8. The third-order valence-corrected chi connectivity index (χ3v) is 7.99. The predicted octanol–water partition coefficient (Wildman–Crippen LogP) is 2.06. The van der Waals surface area contributed by atoms with Gasteiger partial charge < -0.3 is 18.9 Å². The van der Waals surface area contributed by atoms with Gasteiger partial charge in [-0.1, -0.05) is 23.9 Å². The van der Waals surface area contributed by atoms with E-state index in [4.69, 9.17) is 18.9 Å². The molecular weight excluding hydrogens is 432 g/mol. The largest absolute Gasteiger partial charge is 0.466 e. The van der Waals surface area contributed by atoms with E-state index in [1.807, 2.05) is 12.2 Å². The highest BCUT2D eigenvalue weighted by atomic mass is 32.2. The molecule has 30 heavy (non-hydrogen) atoms. The molecule has 3 rings (SSSR count). The number of fused-ring (bicyclic) bond motifs is 2. The summed E-state index contributed by atoms with van der Waals surface area (Å²) in [7, 11) is 4.97. The number of rotatable bonds is 4. The minimum absolute atomic E-state index is 0.188. The van der Waals surface area contributed by atoms with Crippen LogP contribution in [-0.4, -0.2) is 62.8 Å². The molecule has 0 saturated carbocycles. The number of thioether (sulfide) groups is 2. The first-order valence-corrected chi connectivity index (χ1v) is 10.7. The van der Waals surface area contributed by atoms with Gasteiger partial charge in [-0.3, -0.25) is 0 Å². The van der Waals surface area contributed by atoms with Gasteiger partial charge in [-0.2, -0.15) is 0 Å². The molecule has 0 spiro atoms. The summed E-state index contributed by atoms with van der Waals surface area (Å²) in [6, 6.07) is 0. The summed E-state index contributed by atoms with van der Waals surface area (Å²) in [6.45, 7) is 0. The molecule has 1 heterocycles. The zero-order valence-corrected chi connectivity index (χ0v) is 18.4. The Bertz CT molecular complexity index is 866. The van der Waals surface area contributed by atoms with Crippen LogP contribution in [0.2, 0.25) is 0 Å². The Morgan fingerprint density at radius 3 is 1.40 bits per heavy atom. The smallest absolute Gasteiger partial charge is 0.335 e. The summed E-state index contributed by atoms with van der Waals surface area (Å²) < 4.78 is 19.5. The van der Waals surface area contributed by atoms with Gasteiger partial charge in [0.1, 0.15) is 0 Å². The van der Waals surface area contributed by atoms with Crippen molar-refractivity contribution >= 4 is 47.4 Å². The number of hydrogen-bond acceptors (Lipinski definition) is 10. The molecule has 1 saturated heterocycles. The van der Waals surface area contributed by atoms with E-state index < -0.39 is 34.4 Å². The number of hydrogen-bond donors (Lipinski definition) is 0. The van der Waals surface area contributed by atoms with Gasteiger partial charge in [-0.05, 0) is 12.8 Å². The molecule has 8 nitrogen and oxygen atoms in total. The van der Waals surface area contributed by atoms with Crippen molar-refractivity contribution in [1.29, 1.82) is 0 Å². The molecular formula is C20H20O8S2. The lowest BCUT2D eigenvalue weighted by atomic mass is 9.95. The fourth-order valence-corrected chi connectivity index (χ4v) is 6.65. The van der Waals surface area contributed by atoms with Gasteiger partial charge >= 0.3 is 23.9 Å². The quantitative estimate of drug-likeness (QED) is 0.465. The monoisotopic (exact) mass is 452 g/mol. The number of carbonyl (C=O) groups is 4. The molecule has 0 N–H and O–H groups in total. The summed E-state index contributed by atoms with van der Waals surface area (Å²) in [5, 5.41) is -1.10.